The van der Waals surface area contributed by atoms with E-state index >= 15 is 0 Å². The van der Waals surface area contributed by atoms with Crippen LogP contribution < -0.4 is 4.74 Å². The number of aromatic nitrogens is 1. The second-order valence-electron chi connectivity index (χ2n) is 3.62. The summed E-state index contributed by atoms with van der Waals surface area (Å²) in [4.78, 5) is 4.01. The number of nitrogens with zero attached hydrogens (tertiary/aromatic N) is 2. The molecule has 0 amide bonds. The largest absolute Gasteiger partial charge is 0.436 e. The lowest BCUT2D eigenvalue weighted by Crippen LogP contribution is -1.94. The molecular weight excluding hydrogens is 238 g/mol. The molecule has 2 rings (SSSR count). The summed E-state index contributed by atoms with van der Waals surface area (Å²) >= 11 is 0. The summed E-state index contributed by atoms with van der Waals surface area (Å²) in [6.45, 7) is 1.69. The van der Waals surface area contributed by atoms with E-state index in [1.165, 1.54) is 12.1 Å². The van der Waals surface area contributed by atoms with Gasteiger partial charge in [0.1, 0.15) is 5.82 Å². The van der Waals surface area contributed by atoms with Crippen LogP contribution in [0.1, 0.15) is 11.3 Å². The molecule has 5 heteroatoms. The Balaban J connectivity index is 2.34. The third kappa shape index (κ3) is 2.61. The van der Waals surface area contributed by atoms with E-state index in [4.69, 9.17) is 10.00 Å². The lowest BCUT2D eigenvalue weighted by atomic mass is 10.2. The van der Waals surface area contributed by atoms with Gasteiger partial charge in [-0.3, -0.25) is 0 Å². The van der Waals surface area contributed by atoms with E-state index in [1.54, 1.807) is 13.0 Å². The van der Waals surface area contributed by atoms with Crippen molar-refractivity contribution in [3.8, 4) is 17.7 Å². The molecule has 0 fully saturated rings. The molecule has 0 aliphatic heterocycles. The van der Waals surface area contributed by atoms with E-state index in [2.05, 4.69) is 4.98 Å². The minimum atomic E-state index is -0.822. The number of rotatable bonds is 2. The Morgan fingerprint density at radius 2 is 2.00 bits per heavy atom. The third-order valence-electron chi connectivity index (χ3n) is 2.17. The Bertz CT molecular complexity index is 635. The first-order valence-corrected chi connectivity index (χ1v) is 5.10. The van der Waals surface area contributed by atoms with E-state index in [9.17, 15) is 8.78 Å². The molecule has 18 heavy (non-hydrogen) atoms. The van der Waals surface area contributed by atoms with Crippen LogP contribution in [0.15, 0.2) is 30.3 Å². The summed E-state index contributed by atoms with van der Waals surface area (Å²) in [6.07, 6.45) is 0. The van der Waals surface area contributed by atoms with Gasteiger partial charge >= 0.3 is 0 Å². The average Bonchev–Trinajstić information content (AvgIpc) is 2.32. The summed E-state index contributed by atoms with van der Waals surface area (Å²) < 4.78 is 31.3. The first-order valence-electron chi connectivity index (χ1n) is 5.10. The highest BCUT2D eigenvalue weighted by molar-refractivity contribution is 5.36. The van der Waals surface area contributed by atoms with Gasteiger partial charge in [-0.05, 0) is 25.1 Å². The molecule has 0 spiro atoms. The lowest BCUT2D eigenvalue weighted by Gasteiger charge is -2.06. The van der Waals surface area contributed by atoms with Crippen molar-refractivity contribution in [2.45, 2.75) is 6.92 Å². The molecule has 3 nitrogen and oxygen atoms in total. The molecule has 0 aliphatic carbocycles. The summed E-state index contributed by atoms with van der Waals surface area (Å²) in [5.74, 6) is -1.55. The van der Waals surface area contributed by atoms with Gasteiger partial charge in [0.15, 0.2) is 11.6 Å². The standard InChI is InChI=1S/C13H8F2N2O/c1-8-4-9(7-16)5-13(17-8)18-12-3-2-10(14)6-11(12)15/h2-6H,1H3. The molecule has 0 saturated carbocycles. The van der Waals surface area contributed by atoms with Crippen molar-refractivity contribution >= 4 is 0 Å². The molecule has 90 valence electrons. The Morgan fingerprint density at radius 3 is 2.67 bits per heavy atom. The first-order chi connectivity index (χ1) is 8.58. The Morgan fingerprint density at radius 1 is 1.22 bits per heavy atom. The zero-order valence-electron chi connectivity index (χ0n) is 9.45. The van der Waals surface area contributed by atoms with Crippen molar-refractivity contribution in [2.75, 3.05) is 0 Å². The van der Waals surface area contributed by atoms with Crippen LogP contribution >= 0.6 is 0 Å². The molecule has 1 heterocycles. The van der Waals surface area contributed by atoms with Crippen molar-refractivity contribution in [3.05, 3.63) is 53.2 Å². The van der Waals surface area contributed by atoms with Crippen molar-refractivity contribution in [1.29, 1.82) is 5.26 Å². The molecule has 0 aliphatic rings. The van der Waals surface area contributed by atoms with E-state index in [0.717, 1.165) is 12.1 Å². The number of hydrogen-bond donors (Lipinski definition) is 0. The normalized spacial score (nSPS) is 9.89. The van der Waals surface area contributed by atoms with Gasteiger partial charge in [0.25, 0.3) is 0 Å². The van der Waals surface area contributed by atoms with Gasteiger partial charge in [0, 0.05) is 17.8 Å². The molecule has 0 radical (unpaired) electrons. The van der Waals surface area contributed by atoms with Gasteiger partial charge in [-0.2, -0.15) is 5.26 Å². The number of halogens is 2. The minimum absolute atomic E-state index is 0.0945. The predicted octanol–water partition coefficient (Wildman–Crippen LogP) is 3.33. The molecular formula is C13H8F2N2O. The number of aryl methyl sites for hydroxylation is 1. The summed E-state index contributed by atoms with van der Waals surface area (Å²) in [5.41, 5.74) is 0.937. The highest BCUT2D eigenvalue weighted by Crippen LogP contribution is 2.24. The number of hydrogen-bond acceptors (Lipinski definition) is 3. The zero-order chi connectivity index (χ0) is 13.1. The van der Waals surface area contributed by atoms with Gasteiger partial charge in [0.2, 0.25) is 5.88 Å². The van der Waals surface area contributed by atoms with Crippen LogP contribution in [0.4, 0.5) is 8.78 Å². The third-order valence-corrected chi connectivity index (χ3v) is 2.17. The fourth-order valence-electron chi connectivity index (χ4n) is 1.43. The van der Waals surface area contributed by atoms with Crippen LogP contribution in [0.2, 0.25) is 0 Å². The second-order valence-corrected chi connectivity index (χ2v) is 3.62. The van der Waals surface area contributed by atoms with Crippen molar-refractivity contribution in [2.24, 2.45) is 0 Å². The number of nitriles is 1. The topological polar surface area (TPSA) is 45.9 Å². The van der Waals surface area contributed by atoms with E-state index < -0.39 is 11.6 Å². The van der Waals surface area contributed by atoms with Gasteiger partial charge in [-0.25, -0.2) is 13.8 Å². The van der Waals surface area contributed by atoms with Gasteiger partial charge in [-0.1, -0.05) is 0 Å². The maximum absolute atomic E-state index is 13.4. The van der Waals surface area contributed by atoms with Crippen LogP contribution in [0.25, 0.3) is 0 Å². The highest BCUT2D eigenvalue weighted by atomic mass is 19.1. The molecule has 0 unspecified atom stereocenters. The smallest absolute Gasteiger partial charge is 0.220 e. The van der Waals surface area contributed by atoms with Crippen molar-refractivity contribution in [3.63, 3.8) is 0 Å². The summed E-state index contributed by atoms with van der Waals surface area (Å²) in [5, 5.41) is 8.79. The van der Waals surface area contributed by atoms with Gasteiger partial charge in [-0.15, -0.1) is 0 Å². The van der Waals surface area contributed by atoms with E-state index in [1.807, 2.05) is 6.07 Å². The van der Waals surface area contributed by atoms with E-state index in [0.29, 0.717) is 11.3 Å². The second kappa shape index (κ2) is 4.80. The fraction of sp³-hybridized carbons (Fsp3) is 0.0769. The summed E-state index contributed by atoms with van der Waals surface area (Å²) in [7, 11) is 0. The number of ether oxygens (including phenoxy) is 1. The van der Waals surface area contributed by atoms with Crippen LogP contribution in [-0.2, 0) is 0 Å². The van der Waals surface area contributed by atoms with Crippen LogP contribution in [0.5, 0.6) is 11.6 Å². The van der Waals surface area contributed by atoms with Crippen LogP contribution in [0.3, 0.4) is 0 Å². The first kappa shape index (κ1) is 12.0. The number of benzene rings is 1. The molecule has 2 aromatic rings. The summed E-state index contributed by atoms with van der Waals surface area (Å²) in [6, 6.07) is 7.87. The molecule has 0 saturated heterocycles. The average molecular weight is 246 g/mol. The van der Waals surface area contributed by atoms with Gasteiger partial charge in [0.05, 0.1) is 11.6 Å². The minimum Gasteiger partial charge on any atom is -0.436 e. The molecule has 1 aromatic heterocycles. The maximum Gasteiger partial charge on any atom is 0.220 e. The fourth-order valence-corrected chi connectivity index (χ4v) is 1.43. The van der Waals surface area contributed by atoms with Crippen molar-refractivity contribution in [1.82, 2.24) is 4.98 Å². The number of pyridine rings is 1. The lowest BCUT2D eigenvalue weighted by molar-refractivity contribution is 0.422. The van der Waals surface area contributed by atoms with E-state index in [-0.39, 0.29) is 11.6 Å². The van der Waals surface area contributed by atoms with Crippen molar-refractivity contribution < 1.29 is 13.5 Å². The Kier molecular flexibility index (Phi) is 3.20. The quantitative estimate of drug-likeness (QED) is 0.816. The highest BCUT2D eigenvalue weighted by Gasteiger charge is 2.08. The Labute approximate surface area is 102 Å². The van der Waals surface area contributed by atoms with Crippen LogP contribution in [-0.4, -0.2) is 4.98 Å². The molecule has 0 atom stereocenters. The van der Waals surface area contributed by atoms with Crippen LogP contribution in [0, 0.1) is 29.9 Å². The Hall–Kier alpha value is -2.48. The monoisotopic (exact) mass is 246 g/mol. The SMILES string of the molecule is Cc1cc(C#N)cc(Oc2ccc(F)cc2F)n1. The molecule has 0 bridgehead atoms. The predicted molar refractivity (Wildman–Crippen MR) is 60.1 cm³/mol. The zero-order valence-corrected chi connectivity index (χ0v) is 9.45. The molecule has 0 N–H and O–H groups in total. The maximum atomic E-state index is 13.4. The molecule has 1 aromatic carbocycles. The van der Waals surface area contributed by atoms with Gasteiger partial charge < -0.3 is 4.74 Å².